The molecule has 1 fully saturated rings. The first kappa shape index (κ1) is 21.2. The highest BCUT2D eigenvalue weighted by Gasteiger charge is 2.20. The van der Waals surface area contributed by atoms with Crippen molar-refractivity contribution in [3.8, 4) is 11.5 Å². The van der Waals surface area contributed by atoms with Crippen molar-refractivity contribution in [3.63, 3.8) is 0 Å². The summed E-state index contributed by atoms with van der Waals surface area (Å²) in [6, 6.07) is 15.2. The lowest BCUT2D eigenvalue weighted by Gasteiger charge is -2.16. The number of ether oxygens (including phenoxy) is 1. The summed E-state index contributed by atoms with van der Waals surface area (Å²) in [5.41, 5.74) is 2.11. The summed E-state index contributed by atoms with van der Waals surface area (Å²) >= 11 is 0. The number of anilines is 1. The molecule has 0 aliphatic carbocycles. The second-order valence-corrected chi connectivity index (χ2v) is 7.42. The van der Waals surface area contributed by atoms with Gasteiger partial charge in [-0.2, -0.15) is 0 Å². The lowest BCUT2D eigenvalue weighted by molar-refractivity contribution is -0.128. The molecule has 2 amide bonds. The van der Waals surface area contributed by atoms with Gasteiger partial charge in [0.2, 0.25) is 11.8 Å². The molecule has 2 heterocycles. The number of nitrogens with one attached hydrogen (secondary N) is 1. The van der Waals surface area contributed by atoms with Crippen LogP contribution in [0.3, 0.4) is 0 Å². The topological polar surface area (TPSA) is 71.5 Å². The van der Waals surface area contributed by atoms with Gasteiger partial charge in [0.1, 0.15) is 5.75 Å². The smallest absolute Gasteiger partial charge is 0.248 e. The van der Waals surface area contributed by atoms with E-state index in [9.17, 15) is 14.0 Å². The molecule has 1 aromatic heterocycles. The van der Waals surface area contributed by atoms with Crippen LogP contribution in [0.25, 0.3) is 6.08 Å². The average Bonchev–Trinajstić information content (AvgIpc) is 3.19. The zero-order valence-corrected chi connectivity index (χ0v) is 17.3. The molecule has 0 radical (unpaired) electrons. The van der Waals surface area contributed by atoms with Crippen molar-refractivity contribution >= 4 is 23.6 Å². The van der Waals surface area contributed by atoms with Gasteiger partial charge in [-0.25, -0.2) is 4.39 Å². The van der Waals surface area contributed by atoms with Gasteiger partial charge in [-0.05, 0) is 60.0 Å². The second kappa shape index (κ2) is 9.87. The molecule has 0 unspecified atom stereocenters. The van der Waals surface area contributed by atoms with E-state index in [1.807, 2.05) is 23.1 Å². The first-order chi connectivity index (χ1) is 15.6. The van der Waals surface area contributed by atoms with Crippen LogP contribution in [0.4, 0.5) is 10.1 Å². The second-order valence-electron chi connectivity index (χ2n) is 7.42. The summed E-state index contributed by atoms with van der Waals surface area (Å²) in [4.78, 5) is 29.8. The maximum absolute atomic E-state index is 14.3. The fourth-order valence-electron chi connectivity index (χ4n) is 3.43. The van der Waals surface area contributed by atoms with Crippen LogP contribution in [0.1, 0.15) is 24.0 Å². The quantitative estimate of drug-likeness (QED) is 0.546. The van der Waals surface area contributed by atoms with E-state index in [1.54, 1.807) is 30.5 Å². The third kappa shape index (κ3) is 5.57. The number of halogens is 1. The first-order valence-electron chi connectivity index (χ1n) is 10.3. The Hall–Kier alpha value is -4.00. The van der Waals surface area contributed by atoms with E-state index in [4.69, 9.17) is 4.74 Å². The Morgan fingerprint density at radius 2 is 2.09 bits per heavy atom. The minimum absolute atomic E-state index is 0.0768. The average molecular weight is 431 g/mol. The highest BCUT2D eigenvalue weighted by atomic mass is 19.1. The van der Waals surface area contributed by atoms with Gasteiger partial charge in [-0.3, -0.25) is 14.6 Å². The van der Waals surface area contributed by atoms with E-state index in [0.717, 1.165) is 18.5 Å². The molecule has 1 aliphatic rings. The van der Waals surface area contributed by atoms with Crippen molar-refractivity contribution in [2.45, 2.75) is 19.4 Å². The van der Waals surface area contributed by atoms with Crippen LogP contribution in [0, 0.1) is 5.82 Å². The Bertz CT molecular complexity index is 1150. The Balaban J connectivity index is 1.35. The van der Waals surface area contributed by atoms with Gasteiger partial charge in [-0.15, -0.1) is 0 Å². The number of amides is 2. The van der Waals surface area contributed by atoms with Crippen molar-refractivity contribution in [3.05, 3.63) is 90.0 Å². The van der Waals surface area contributed by atoms with Crippen molar-refractivity contribution in [1.29, 1.82) is 0 Å². The predicted octanol–water partition coefficient (Wildman–Crippen LogP) is 4.79. The Labute approximate surface area is 185 Å². The maximum atomic E-state index is 14.3. The summed E-state index contributed by atoms with van der Waals surface area (Å²) in [5, 5.41) is 2.79. The highest BCUT2D eigenvalue weighted by Crippen LogP contribution is 2.25. The number of likely N-dealkylation sites (tertiary alicyclic amines) is 1. The number of aromatic nitrogens is 1. The van der Waals surface area contributed by atoms with E-state index >= 15 is 0 Å². The molecule has 0 atom stereocenters. The lowest BCUT2D eigenvalue weighted by atomic mass is 10.1. The summed E-state index contributed by atoms with van der Waals surface area (Å²) in [5.74, 6) is -0.208. The third-order valence-electron chi connectivity index (χ3n) is 4.98. The molecule has 2 aromatic carbocycles. The van der Waals surface area contributed by atoms with Crippen LogP contribution in [-0.2, 0) is 16.1 Å². The van der Waals surface area contributed by atoms with Crippen molar-refractivity contribution in [1.82, 2.24) is 9.88 Å². The van der Waals surface area contributed by atoms with E-state index in [-0.39, 0.29) is 17.6 Å². The Morgan fingerprint density at radius 3 is 2.84 bits per heavy atom. The Kier molecular flexibility index (Phi) is 6.55. The largest absolute Gasteiger partial charge is 0.453 e. The molecule has 7 heteroatoms. The number of carbonyl (C=O) groups excluding carboxylic acids is 2. The maximum Gasteiger partial charge on any atom is 0.248 e. The molecule has 1 aliphatic heterocycles. The van der Waals surface area contributed by atoms with Crippen LogP contribution >= 0.6 is 0 Å². The van der Waals surface area contributed by atoms with Crippen LogP contribution in [-0.4, -0.2) is 28.2 Å². The van der Waals surface area contributed by atoms with Crippen LogP contribution in [0.5, 0.6) is 11.5 Å². The standard InChI is InChI=1S/C25H22FN3O3/c26-22-15-18(8-10-23(22)32-21-6-2-12-27-16-21)9-11-24(30)28-20-5-1-4-19(14-20)17-29-13-3-7-25(29)31/h1-2,4-6,8-12,14-16H,3,7,13,17H2,(H,28,30)/b11-9+. The minimum atomic E-state index is -0.541. The molecular weight excluding hydrogens is 409 g/mol. The van der Waals surface area contributed by atoms with Crippen molar-refractivity contribution in [2.75, 3.05) is 11.9 Å². The number of nitrogens with zero attached hydrogens (tertiary/aromatic N) is 2. The monoisotopic (exact) mass is 431 g/mol. The van der Waals surface area contributed by atoms with Gasteiger partial charge in [0, 0.05) is 37.5 Å². The predicted molar refractivity (Wildman–Crippen MR) is 119 cm³/mol. The van der Waals surface area contributed by atoms with Gasteiger partial charge >= 0.3 is 0 Å². The molecule has 0 bridgehead atoms. The summed E-state index contributed by atoms with van der Waals surface area (Å²) in [6.07, 6.45) is 7.45. The third-order valence-corrected chi connectivity index (χ3v) is 4.98. The molecule has 4 rings (SSSR count). The van der Waals surface area contributed by atoms with Gasteiger partial charge in [0.25, 0.3) is 0 Å². The van der Waals surface area contributed by atoms with E-state index < -0.39 is 5.82 Å². The van der Waals surface area contributed by atoms with Gasteiger partial charge in [-0.1, -0.05) is 18.2 Å². The molecule has 0 spiro atoms. The summed E-state index contributed by atoms with van der Waals surface area (Å²) in [6.45, 7) is 1.30. The van der Waals surface area contributed by atoms with Crippen LogP contribution in [0.2, 0.25) is 0 Å². The van der Waals surface area contributed by atoms with Crippen molar-refractivity contribution < 1.29 is 18.7 Å². The molecule has 162 valence electrons. The fourth-order valence-corrected chi connectivity index (χ4v) is 3.43. The molecule has 6 nitrogen and oxygen atoms in total. The number of hydrogen-bond acceptors (Lipinski definition) is 4. The highest BCUT2D eigenvalue weighted by molar-refractivity contribution is 6.02. The zero-order chi connectivity index (χ0) is 22.3. The summed E-state index contributed by atoms with van der Waals surface area (Å²) < 4.78 is 19.8. The van der Waals surface area contributed by atoms with Gasteiger partial charge in [0.05, 0.1) is 6.20 Å². The van der Waals surface area contributed by atoms with E-state index in [2.05, 4.69) is 10.3 Å². The number of benzene rings is 2. The molecule has 1 N–H and O–H groups in total. The minimum Gasteiger partial charge on any atom is -0.453 e. The van der Waals surface area contributed by atoms with E-state index in [1.165, 1.54) is 30.5 Å². The zero-order valence-electron chi connectivity index (χ0n) is 17.3. The molecule has 32 heavy (non-hydrogen) atoms. The molecular formula is C25H22FN3O3. The summed E-state index contributed by atoms with van der Waals surface area (Å²) in [7, 11) is 0. The first-order valence-corrected chi connectivity index (χ1v) is 10.3. The van der Waals surface area contributed by atoms with E-state index in [0.29, 0.717) is 30.0 Å². The fraction of sp³-hybridized carbons (Fsp3) is 0.160. The normalized spacial score (nSPS) is 13.5. The van der Waals surface area contributed by atoms with Crippen LogP contribution in [0.15, 0.2) is 73.1 Å². The van der Waals surface area contributed by atoms with Crippen LogP contribution < -0.4 is 10.1 Å². The lowest BCUT2D eigenvalue weighted by Crippen LogP contribution is -2.23. The number of hydrogen-bond donors (Lipinski definition) is 1. The molecule has 1 saturated heterocycles. The number of rotatable bonds is 7. The van der Waals surface area contributed by atoms with Crippen molar-refractivity contribution in [2.24, 2.45) is 0 Å². The number of carbonyl (C=O) groups is 2. The van der Waals surface area contributed by atoms with Gasteiger partial charge < -0.3 is 15.0 Å². The Morgan fingerprint density at radius 1 is 1.19 bits per heavy atom. The molecule has 3 aromatic rings. The molecule has 0 saturated carbocycles. The number of pyridine rings is 1. The van der Waals surface area contributed by atoms with Gasteiger partial charge in [0.15, 0.2) is 11.6 Å². The SMILES string of the molecule is O=C(/C=C/c1ccc(Oc2cccnc2)c(F)c1)Nc1cccc(CN2CCCC2=O)c1.